The van der Waals surface area contributed by atoms with E-state index in [1.54, 1.807) is 17.0 Å². The minimum absolute atomic E-state index is 0.0443. The smallest absolute Gasteiger partial charge is 0.408 e. The summed E-state index contributed by atoms with van der Waals surface area (Å²) in [6.07, 6.45) is 0. The molecule has 2 aromatic carbocycles. The van der Waals surface area contributed by atoms with Crippen molar-refractivity contribution in [2.45, 2.75) is 19.5 Å². The fourth-order valence-corrected chi connectivity index (χ4v) is 3.12. The predicted molar refractivity (Wildman–Crippen MR) is 81.5 cm³/mol. The molecule has 0 radical (unpaired) electrons. The molecule has 0 aliphatic carbocycles. The molecule has 4 rings (SSSR count). The molecule has 0 saturated carbocycles. The summed E-state index contributed by atoms with van der Waals surface area (Å²) in [5.41, 5.74) is 2.41. The van der Waals surface area contributed by atoms with E-state index in [0.29, 0.717) is 11.1 Å². The van der Waals surface area contributed by atoms with Crippen LogP contribution in [-0.4, -0.2) is 15.8 Å². The fraction of sp³-hybridized carbons (Fsp3) is 0.176. The average molecular weight is 312 g/mol. The molecule has 1 aliphatic heterocycles. The molecule has 0 spiro atoms. The van der Waals surface area contributed by atoms with Gasteiger partial charge >= 0.3 is 5.76 Å². The lowest BCUT2D eigenvalue weighted by molar-refractivity contribution is 0.0722. The Kier molecular flexibility index (Phi) is 2.87. The zero-order chi connectivity index (χ0) is 16.1. The highest BCUT2D eigenvalue weighted by atomic mass is 19.1. The molecular formula is C17H13FN2O3. The standard InChI is InChI=1S/C17H13FN2O3/c1-9-11-4-2-3-5-12(11)16(21)20(9)8-10-6-13(18)15-14(7-10)23-17(22)19-15/h2-7,9H,8H2,1H3,(H,19,22). The maximum atomic E-state index is 14.1. The van der Waals surface area contributed by atoms with Crippen LogP contribution in [-0.2, 0) is 6.54 Å². The van der Waals surface area contributed by atoms with Crippen LogP contribution in [0.25, 0.3) is 11.1 Å². The van der Waals surface area contributed by atoms with Gasteiger partial charge in [-0.2, -0.15) is 0 Å². The van der Waals surface area contributed by atoms with Gasteiger partial charge in [-0.05, 0) is 36.2 Å². The first-order valence-electron chi connectivity index (χ1n) is 7.26. The van der Waals surface area contributed by atoms with E-state index in [4.69, 9.17) is 4.42 Å². The number of amides is 1. The number of carbonyl (C=O) groups excluding carboxylic acids is 1. The number of halogens is 1. The Bertz CT molecular complexity index is 989. The maximum absolute atomic E-state index is 14.1. The fourth-order valence-electron chi connectivity index (χ4n) is 3.12. The Morgan fingerprint density at radius 1 is 1.26 bits per heavy atom. The first kappa shape index (κ1) is 13.8. The summed E-state index contributed by atoms with van der Waals surface area (Å²) in [4.78, 5) is 27.7. The molecule has 0 saturated heterocycles. The zero-order valence-corrected chi connectivity index (χ0v) is 12.3. The summed E-state index contributed by atoms with van der Waals surface area (Å²) >= 11 is 0. The summed E-state index contributed by atoms with van der Waals surface area (Å²) in [5, 5.41) is 0. The molecule has 1 amide bonds. The Balaban J connectivity index is 1.72. The summed E-state index contributed by atoms with van der Waals surface area (Å²) < 4.78 is 19.0. The number of benzene rings is 2. The van der Waals surface area contributed by atoms with Gasteiger partial charge in [0.1, 0.15) is 5.52 Å². The number of nitrogens with zero attached hydrogens (tertiary/aromatic N) is 1. The van der Waals surface area contributed by atoms with Crippen LogP contribution in [0, 0.1) is 5.82 Å². The number of hydrogen-bond acceptors (Lipinski definition) is 3. The third kappa shape index (κ3) is 2.06. The van der Waals surface area contributed by atoms with E-state index in [1.165, 1.54) is 6.07 Å². The second-order valence-corrected chi connectivity index (χ2v) is 5.66. The maximum Gasteiger partial charge on any atom is 0.417 e. The van der Waals surface area contributed by atoms with Crippen LogP contribution in [0.15, 0.2) is 45.6 Å². The Morgan fingerprint density at radius 2 is 2.04 bits per heavy atom. The van der Waals surface area contributed by atoms with Crippen LogP contribution in [0.4, 0.5) is 4.39 Å². The van der Waals surface area contributed by atoms with Gasteiger partial charge in [-0.25, -0.2) is 9.18 Å². The molecule has 0 bridgehead atoms. The first-order valence-corrected chi connectivity index (χ1v) is 7.26. The number of nitrogens with one attached hydrogen (secondary N) is 1. The Morgan fingerprint density at radius 3 is 2.83 bits per heavy atom. The van der Waals surface area contributed by atoms with Crippen molar-refractivity contribution in [3.63, 3.8) is 0 Å². The van der Waals surface area contributed by atoms with Crippen molar-refractivity contribution < 1.29 is 13.6 Å². The summed E-state index contributed by atoms with van der Waals surface area (Å²) in [6.45, 7) is 2.19. The van der Waals surface area contributed by atoms with E-state index in [-0.39, 0.29) is 29.6 Å². The van der Waals surface area contributed by atoms with E-state index in [0.717, 1.165) is 5.56 Å². The highest BCUT2D eigenvalue weighted by Crippen LogP contribution is 2.34. The Hall–Kier alpha value is -2.89. The SMILES string of the molecule is CC1c2ccccc2C(=O)N1Cc1cc(F)c2[nH]c(=O)oc2c1. The number of carbonyl (C=O) groups is 1. The van der Waals surface area contributed by atoms with Crippen LogP contribution in [0.3, 0.4) is 0 Å². The third-order valence-corrected chi connectivity index (χ3v) is 4.27. The lowest BCUT2D eigenvalue weighted by atomic mass is 10.1. The van der Waals surface area contributed by atoms with E-state index < -0.39 is 11.6 Å². The first-order chi connectivity index (χ1) is 11.0. The predicted octanol–water partition coefficient (Wildman–Crippen LogP) is 2.98. The molecule has 1 N–H and O–H groups in total. The summed E-state index contributed by atoms with van der Waals surface area (Å²) in [7, 11) is 0. The zero-order valence-electron chi connectivity index (χ0n) is 12.3. The quantitative estimate of drug-likeness (QED) is 0.791. The number of hydrogen-bond donors (Lipinski definition) is 1. The van der Waals surface area contributed by atoms with Crippen molar-refractivity contribution in [1.82, 2.24) is 9.88 Å². The van der Waals surface area contributed by atoms with Crippen LogP contribution in [0.2, 0.25) is 0 Å². The molecule has 2 heterocycles. The summed E-state index contributed by atoms with van der Waals surface area (Å²) in [6, 6.07) is 10.3. The third-order valence-electron chi connectivity index (χ3n) is 4.27. The number of aromatic nitrogens is 1. The van der Waals surface area contributed by atoms with Gasteiger partial charge in [-0.1, -0.05) is 18.2 Å². The van der Waals surface area contributed by atoms with E-state index in [1.807, 2.05) is 25.1 Å². The van der Waals surface area contributed by atoms with Crippen molar-refractivity contribution in [2.75, 3.05) is 0 Å². The number of rotatable bonds is 2. The number of fused-ring (bicyclic) bond motifs is 2. The molecule has 116 valence electrons. The molecule has 23 heavy (non-hydrogen) atoms. The Labute approximate surface area is 130 Å². The van der Waals surface area contributed by atoms with Crippen molar-refractivity contribution in [1.29, 1.82) is 0 Å². The average Bonchev–Trinajstić information content (AvgIpc) is 3.01. The largest absolute Gasteiger partial charge is 0.417 e. The molecule has 1 aliphatic rings. The van der Waals surface area contributed by atoms with Crippen LogP contribution < -0.4 is 5.76 Å². The minimum atomic E-state index is -0.700. The number of oxazole rings is 1. The van der Waals surface area contributed by atoms with Gasteiger partial charge in [0.15, 0.2) is 11.4 Å². The summed E-state index contributed by atoms with van der Waals surface area (Å²) in [5.74, 6) is -1.35. The van der Waals surface area contributed by atoms with E-state index in [2.05, 4.69) is 4.98 Å². The van der Waals surface area contributed by atoms with Crippen LogP contribution >= 0.6 is 0 Å². The minimum Gasteiger partial charge on any atom is -0.408 e. The number of aromatic amines is 1. The molecule has 0 fully saturated rings. The van der Waals surface area contributed by atoms with Crippen molar-refractivity contribution >= 4 is 17.0 Å². The molecule has 5 nitrogen and oxygen atoms in total. The highest BCUT2D eigenvalue weighted by molar-refractivity contribution is 5.99. The second-order valence-electron chi connectivity index (χ2n) is 5.66. The topological polar surface area (TPSA) is 66.3 Å². The molecule has 1 aromatic heterocycles. The lowest BCUT2D eigenvalue weighted by Crippen LogP contribution is -2.26. The molecule has 1 unspecified atom stereocenters. The van der Waals surface area contributed by atoms with Crippen LogP contribution in [0.1, 0.15) is 34.5 Å². The van der Waals surface area contributed by atoms with Gasteiger partial charge in [0.05, 0.1) is 6.04 Å². The van der Waals surface area contributed by atoms with Crippen molar-refractivity contribution in [3.8, 4) is 0 Å². The number of H-pyrrole nitrogens is 1. The van der Waals surface area contributed by atoms with Crippen molar-refractivity contribution in [2.24, 2.45) is 0 Å². The molecule has 6 heteroatoms. The molecule has 1 atom stereocenters. The van der Waals surface area contributed by atoms with E-state index in [9.17, 15) is 14.0 Å². The van der Waals surface area contributed by atoms with Crippen LogP contribution in [0.5, 0.6) is 0 Å². The molecule has 3 aromatic rings. The molecular weight excluding hydrogens is 299 g/mol. The van der Waals surface area contributed by atoms with Gasteiger partial charge in [0.2, 0.25) is 0 Å². The second kappa shape index (κ2) is 4.81. The van der Waals surface area contributed by atoms with Gasteiger partial charge in [-0.15, -0.1) is 0 Å². The monoisotopic (exact) mass is 312 g/mol. The van der Waals surface area contributed by atoms with Gasteiger partial charge in [0.25, 0.3) is 5.91 Å². The van der Waals surface area contributed by atoms with Gasteiger partial charge in [0, 0.05) is 12.1 Å². The highest BCUT2D eigenvalue weighted by Gasteiger charge is 2.33. The van der Waals surface area contributed by atoms with Crippen molar-refractivity contribution in [3.05, 3.63) is 69.5 Å². The lowest BCUT2D eigenvalue weighted by Gasteiger charge is -2.22. The van der Waals surface area contributed by atoms with Gasteiger partial charge in [-0.3, -0.25) is 9.78 Å². The van der Waals surface area contributed by atoms with Gasteiger partial charge < -0.3 is 9.32 Å². The van der Waals surface area contributed by atoms with E-state index >= 15 is 0 Å². The normalized spacial score (nSPS) is 17.0.